The van der Waals surface area contributed by atoms with Crippen molar-refractivity contribution in [3.63, 3.8) is 0 Å². The average molecular weight is 283 g/mol. The second-order valence-corrected chi connectivity index (χ2v) is 5.55. The molecule has 1 amide bonds. The number of fused-ring (bicyclic) bond motifs is 2. The third-order valence-corrected chi connectivity index (χ3v) is 4.01. The smallest absolute Gasteiger partial charge is 0.289 e. The number of halogens is 1. The van der Waals surface area contributed by atoms with Gasteiger partial charge >= 0.3 is 0 Å². The Kier molecular flexibility index (Phi) is 3.28. The first-order valence-electron chi connectivity index (χ1n) is 6.36. The Bertz CT molecular complexity index is 499. The Morgan fingerprint density at radius 3 is 3.11 bits per heavy atom. The summed E-state index contributed by atoms with van der Waals surface area (Å²) in [6.07, 6.45) is 3.36. The first-order valence-corrected chi connectivity index (χ1v) is 6.74. The second-order valence-electron chi connectivity index (χ2n) is 5.19. The van der Waals surface area contributed by atoms with E-state index >= 15 is 0 Å². The Balaban J connectivity index is 1.66. The quantitative estimate of drug-likeness (QED) is 0.779. The van der Waals surface area contributed by atoms with Gasteiger partial charge < -0.3 is 15.3 Å². The Labute approximate surface area is 115 Å². The molecule has 2 saturated heterocycles. The Morgan fingerprint density at radius 2 is 2.37 bits per heavy atom. The molecule has 2 bridgehead atoms. The van der Waals surface area contributed by atoms with Crippen LogP contribution < -0.4 is 5.32 Å². The molecule has 0 radical (unpaired) electrons. The lowest BCUT2D eigenvalue weighted by molar-refractivity contribution is 0.0898. The van der Waals surface area contributed by atoms with Crippen molar-refractivity contribution in [3.05, 3.63) is 17.2 Å². The van der Waals surface area contributed by atoms with Crippen LogP contribution in [0.5, 0.6) is 5.75 Å². The molecule has 1 aromatic heterocycles. The number of hydrogen-bond donors (Lipinski definition) is 2. The molecule has 7 heteroatoms. The van der Waals surface area contributed by atoms with E-state index in [1.807, 2.05) is 0 Å². The van der Waals surface area contributed by atoms with Crippen molar-refractivity contribution >= 4 is 17.5 Å². The second kappa shape index (κ2) is 4.94. The van der Waals surface area contributed by atoms with Crippen LogP contribution in [0.3, 0.4) is 0 Å². The van der Waals surface area contributed by atoms with Crippen LogP contribution in [0.15, 0.2) is 6.20 Å². The van der Waals surface area contributed by atoms with Gasteiger partial charge in [-0.3, -0.25) is 4.79 Å². The summed E-state index contributed by atoms with van der Waals surface area (Å²) in [4.78, 5) is 21.9. The van der Waals surface area contributed by atoms with Gasteiger partial charge in [-0.15, -0.1) is 0 Å². The highest BCUT2D eigenvalue weighted by atomic mass is 35.5. The fourth-order valence-electron chi connectivity index (χ4n) is 2.88. The van der Waals surface area contributed by atoms with E-state index in [-0.39, 0.29) is 28.7 Å². The monoisotopic (exact) mass is 282 g/mol. The Hall–Kier alpha value is -1.40. The molecule has 3 atom stereocenters. The number of piperidine rings is 1. The van der Waals surface area contributed by atoms with E-state index in [1.54, 1.807) is 0 Å². The van der Waals surface area contributed by atoms with E-state index in [0.29, 0.717) is 5.92 Å². The number of carbonyl (C=O) groups excluding carboxylic acids is 1. The van der Waals surface area contributed by atoms with Gasteiger partial charge in [0, 0.05) is 19.1 Å². The van der Waals surface area contributed by atoms with E-state index < -0.39 is 0 Å². The van der Waals surface area contributed by atoms with Gasteiger partial charge in [-0.25, -0.2) is 9.97 Å². The normalized spacial score (nSPS) is 29.2. The minimum Gasteiger partial charge on any atom is -0.504 e. The van der Waals surface area contributed by atoms with Crippen LogP contribution in [0, 0.1) is 5.92 Å². The fraction of sp³-hybridized carbons (Fsp3) is 0.583. The molecule has 1 unspecified atom stereocenters. The number of carbonyl (C=O) groups is 1. The summed E-state index contributed by atoms with van der Waals surface area (Å²) in [5.41, 5.74) is 0. The van der Waals surface area contributed by atoms with E-state index in [4.69, 9.17) is 11.6 Å². The summed E-state index contributed by atoms with van der Waals surface area (Å²) in [6.45, 7) is 3.15. The maximum atomic E-state index is 12.0. The van der Waals surface area contributed by atoms with Crippen LogP contribution in [0.1, 0.15) is 23.5 Å². The van der Waals surface area contributed by atoms with E-state index in [2.05, 4.69) is 20.2 Å². The molecule has 19 heavy (non-hydrogen) atoms. The lowest BCUT2D eigenvalue weighted by Crippen LogP contribution is -2.47. The van der Waals surface area contributed by atoms with Gasteiger partial charge in [0.05, 0.1) is 6.20 Å². The van der Waals surface area contributed by atoms with Crippen LogP contribution in [-0.4, -0.2) is 51.6 Å². The Morgan fingerprint density at radius 1 is 1.53 bits per heavy atom. The molecule has 0 saturated carbocycles. The van der Waals surface area contributed by atoms with Crippen LogP contribution in [0.25, 0.3) is 0 Å². The molecule has 1 aromatic rings. The van der Waals surface area contributed by atoms with Crippen molar-refractivity contribution in [2.24, 2.45) is 5.92 Å². The molecule has 2 N–H and O–H groups in total. The van der Waals surface area contributed by atoms with Crippen molar-refractivity contribution in [3.8, 4) is 5.75 Å². The number of nitrogens with one attached hydrogen (secondary N) is 1. The van der Waals surface area contributed by atoms with Crippen molar-refractivity contribution < 1.29 is 9.90 Å². The number of amides is 1. The molecule has 2 aliphatic rings. The van der Waals surface area contributed by atoms with Crippen LogP contribution in [-0.2, 0) is 0 Å². The number of aromatic hydroxyl groups is 1. The fourth-order valence-corrected chi connectivity index (χ4v) is 3.01. The maximum absolute atomic E-state index is 12.0. The summed E-state index contributed by atoms with van der Waals surface area (Å²) in [7, 11) is 0. The predicted molar refractivity (Wildman–Crippen MR) is 69.1 cm³/mol. The summed E-state index contributed by atoms with van der Waals surface area (Å²) in [5.74, 6) is 0.119. The third-order valence-electron chi connectivity index (χ3n) is 3.73. The average Bonchev–Trinajstić information content (AvgIpc) is 2.72. The molecule has 0 aromatic carbocycles. The lowest BCUT2D eigenvalue weighted by atomic mass is 9.97. The van der Waals surface area contributed by atoms with Crippen LogP contribution in [0.4, 0.5) is 0 Å². The molecule has 3 heterocycles. The van der Waals surface area contributed by atoms with Crippen molar-refractivity contribution in [1.82, 2.24) is 20.2 Å². The van der Waals surface area contributed by atoms with Crippen molar-refractivity contribution in [1.29, 1.82) is 0 Å². The zero-order valence-electron chi connectivity index (χ0n) is 10.3. The SMILES string of the molecule is O=C(N[C@@H]1C[C@@H]2CCN(C2)C1)c1ncc(O)c(Cl)n1. The largest absolute Gasteiger partial charge is 0.504 e. The van der Waals surface area contributed by atoms with Crippen molar-refractivity contribution in [2.75, 3.05) is 19.6 Å². The zero-order chi connectivity index (χ0) is 13.4. The van der Waals surface area contributed by atoms with E-state index in [0.717, 1.165) is 32.3 Å². The first-order chi connectivity index (χ1) is 9.11. The molecule has 2 aliphatic heterocycles. The molecular weight excluding hydrogens is 268 g/mol. The molecule has 3 rings (SSSR count). The van der Waals surface area contributed by atoms with Gasteiger partial charge in [0.25, 0.3) is 5.91 Å². The number of aromatic nitrogens is 2. The standard InChI is InChI=1S/C12H15ClN4O2/c13-10-9(18)4-14-11(16-10)12(19)15-8-3-7-1-2-17(5-7)6-8/h4,7-8,18H,1-3,5-6H2,(H,15,19)/t7-,8+/m0/s1. The maximum Gasteiger partial charge on any atom is 0.289 e. The van der Waals surface area contributed by atoms with E-state index in [1.165, 1.54) is 6.42 Å². The third kappa shape index (κ3) is 2.64. The van der Waals surface area contributed by atoms with Gasteiger partial charge in [0.1, 0.15) is 0 Å². The molecule has 6 nitrogen and oxygen atoms in total. The van der Waals surface area contributed by atoms with Gasteiger partial charge in [0.15, 0.2) is 10.9 Å². The van der Waals surface area contributed by atoms with Crippen LogP contribution in [0.2, 0.25) is 5.15 Å². The van der Waals surface area contributed by atoms with Gasteiger partial charge in [-0.1, -0.05) is 11.6 Å². The summed E-state index contributed by atoms with van der Waals surface area (Å²) in [5, 5.41) is 12.1. The van der Waals surface area contributed by atoms with Gasteiger partial charge in [-0.05, 0) is 25.3 Å². The first kappa shape index (κ1) is 12.6. The van der Waals surface area contributed by atoms with Crippen LogP contribution >= 0.6 is 11.6 Å². The summed E-state index contributed by atoms with van der Waals surface area (Å²) >= 11 is 5.67. The highest BCUT2D eigenvalue weighted by Gasteiger charge is 2.33. The van der Waals surface area contributed by atoms with Crippen molar-refractivity contribution in [2.45, 2.75) is 18.9 Å². The predicted octanol–water partition coefficient (Wildman–Crippen LogP) is 0.660. The summed E-state index contributed by atoms with van der Waals surface area (Å²) in [6, 6.07) is 0.143. The lowest BCUT2D eigenvalue weighted by Gasteiger charge is -2.30. The van der Waals surface area contributed by atoms with Gasteiger partial charge in [0.2, 0.25) is 5.82 Å². The molecule has 2 fully saturated rings. The number of hydrogen-bond acceptors (Lipinski definition) is 5. The number of nitrogens with zero attached hydrogens (tertiary/aromatic N) is 3. The molecule has 0 aliphatic carbocycles. The molecule has 102 valence electrons. The molecule has 0 spiro atoms. The van der Waals surface area contributed by atoms with E-state index in [9.17, 15) is 9.90 Å². The highest BCUT2D eigenvalue weighted by molar-refractivity contribution is 6.30. The zero-order valence-corrected chi connectivity index (χ0v) is 11.1. The summed E-state index contributed by atoms with van der Waals surface area (Å²) < 4.78 is 0. The topological polar surface area (TPSA) is 78.4 Å². The number of rotatable bonds is 2. The van der Waals surface area contributed by atoms with Gasteiger partial charge in [-0.2, -0.15) is 0 Å². The minimum absolute atomic E-state index is 0.00396. The highest BCUT2D eigenvalue weighted by Crippen LogP contribution is 2.26. The minimum atomic E-state index is -0.339. The molecular formula is C12H15ClN4O2.